The number of pyridine rings is 1. The molecule has 5 aromatic rings. The zero-order valence-electron chi connectivity index (χ0n) is 21.5. The van der Waals surface area contributed by atoms with Crippen molar-refractivity contribution in [2.75, 3.05) is 22.1 Å². The molecule has 6 rings (SSSR count). The average molecular weight is 568 g/mol. The van der Waals surface area contributed by atoms with Crippen molar-refractivity contribution >= 4 is 39.8 Å². The molecule has 0 bridgehead atoms. The molecule has 2 aromatic carbocycles. The fraction of sp³-hybridized carbons (Fsp3) is 0.103. The molecule has 2 N–H and O–H groups in total. The van der Waals surface area contributed by atoms with Gasteiger partial charge in [-0.2, -0.15) is 0 Å². The van der Waals surface area contributed by atoms with Crippen LogP contribution in [0.4, 0.5) is 25.7 Å². The number of nitrogens with one attached hydrogen (secondary N) is 2. The van der Waals surface area contributed by atoms with Gasteiger partial charge in [0.2, 0.25) is 5.91 Å². The summed E-state index contributed by atoms with van der Waals surface area (Å²) >= 11 is 1.47. The van der Waals surface area contributed by atoms with Crippen molar-refractivity contribution in [3.05, 3.63) is 91.3 Å². The third kappa shape index (κ3) is 6.02. The smallest absolute Gasteiger partial charge is 0.323 e. The van der Waals surface area contributed by atoms with Gasteiger partial charge in [0.05, 0.1) is 34.3 Å². The first-order valence-electron chi connectivity index (χ1n) is 12.7. The number of thiazole rings is 1. The summed E-state index contributed by atoms with van der Waals surface area (Å²) in [5, 5.41) is 5.99. The lowest BCUT2D eigenvalue weighted by atomic mass is 10.1. The third-order valence-corrected chi connectivity index (χ3v) is 7.27. The van der Waals surface area contributed by atoms with Gasteiger partial charge in [-0.25, -0.2) is 24.1 Å². The van der Waals surface area contributed by atoms with Gasteiger partial charge in [-0.3, -0.25) is 14.7 Å². The molecule has 1 aliphatic rings. The number of anilines is 3. The van der Waals surface area contributed by atoms with E-state index >= 15 is 0 Å². The minimum Gasteiger partial charge on any atom is -0.424 e. The number of halogens is 1. The van der Waals surface area contributed by atoms with E-state index in [1.54, 1.807) is 53.7 Å². The molecule has 4 heterocycles. The highest BCUT2D eigenvalue weighted by Gasteiger charge is 2.24. The first kappa shape index (κ1) is 26.0. The van der Waals surface area contributed by atoms with Crippen molar-refractivity contribution in [3.63, 3.8) is 0 Å². The van der Waals surface area contributed by atoms with Gasteiger partial charge in [0, 0.05) is 30.9 Å². The van der Waals surface area contributed by atoms with Crippen LogP contribution in [0.3, 0.4) is 0 Å². The van der Waals surface area contributed by atoms with E-state index in [1.165, 1.54) is 35.9 Å². The fourth-order valence-electron chi connectivity index (χ4n) is 4.25. The van der Waals surface area contributed by atoms with Crippen molar-refractivity contribution in [1.29, 1.82) is 0 Å². The number of rotatable bonds is 7. The Morgan fingerprint density at radius 2 is 1.78 bits per heavy atom. The van der Waals surface area contributed by atoms with E-state index in [2.05, 4.69) is 30.6 Å². The Labute approximate surface area is 237 Å². The Bertz CT molecular complexity index is 1700. The zero-order chi connectivity index (χ0) is 28.2. The van der Waals surface area contributed by atoms with E-state index in [1.807, 2.05) is 12.1 Å². The topological polar surface area (TPSA) is 122 Å². The molecule has 1 saturated heterocycles. The molecule has 0 aliphatic carbocycles. The summed E-state index contributed by atoms with van der Waals surface area (Å²) in [6, 6.07) is 16.3. The highest BCUT2D eigenvalue weighted by atomic mass is 32.1. The largest absolute Gasteiger partial charge is 0.424 e. The zero-order valence-corrected chi connectivity index (χ0v) is 22.3. The van der Waals surface area contributed by atoms with E-state index in [0.29, 0.717) is 40.8 Å². The van der Waals surface area contributed by atoms with Crippen LogP contribution in [0, 0.1) is 5.82 Å². The minimum atomic E-state index is -0.596. The van der Waals surface area contributed by atoms with E-state index < -0.39 is 11.8 Å². The molecule has 10 nitrogen and oxygen atoms in total. The van der Waals surface area contributed by atoms with Gasteiger partial charge in [-0.1, -0.05) is 17.4 Å². The van der Waals surface area contributed by atoms with Crippen LogP contribution in [0.15, 0.2) is 85.5 Å². The van der Waals surface area contributed by atoms with Crippen LogP contribution in [0.25, 0.3) is 21.7 Å². The van der Waals surface area contributed by atoms with Crippen molar-refractivity contribution in [2.24, 2.45) is 0 Å². The predicted octanol–water partition coefficient (Wildman–Crippen LogP) is 6.36. The predicted molar refractivity (Wildman–Crippen MR) is 154 cm³/mol. The Morgan fingerprint density at radius 3 is 2.51 bits per heavy atom. The molecular formula is C29H22FN7O3S. The standard InChI is InChI=1S/C29H22FN7O3S/c30-19-8-11-22(23-4-1-2-12-31-23)24(14-19)36-27(39)35-20-15-32-28(33-16-20)40-21-9-6-18(7-10-21)25-17-34-29(41-25)37-13-3-5-26(37)38/h1-2,4,6-12,14-17H,3,5,13H2,(H2,35,36,39). The van der Waals surface area contributed by atoms with Crippen LogP contribution >= 0.6 is 11.3 Å². The Kier molecular flexibility index (Phi) is 7.28. The van der Waals surface area contributed by atoms with E-state index in [9.17, 15) is 14.0 Å². The first-order chi connectivity index (χ1) is 20.0. The first-order valence-corrected chi connectivity index (χ1v) is 13.5. The molecule has 1 aliphatic heterocycles. The van der Waals surface area contributed by atoms with E-state index in [-0.39, 0.29) is 17.6 Å². The monoisotopic (exact) mass is 567 g/mol. The summed E-state index contributed by atoms with van der Waals surface area (Å²) in [5.74, 6) is 0.144. The third-order valence-electron chi connectivity index (χ3n) is 6.20. The Morgan fingerprint density at radius 1 is 0.951 bits per heavy atom. The molecular weight excluding hydrogens is 545 g/mol. The maximum atomic E-state index is 13.9. The van der Waals surface area contributed by atoms with Crippen molar-refractivity contribution in [2.45, 2.75) is 12.8 Å². The van der Waals surface area contributed by atoms with Crippen LogP contribution in [-0.4, -0.2) is 38.4 Å². The lowest BCUT2D eigenvalue weighted by Gasteiger charge is -2.12. The highest BCUT2D eigenvalue weighted by molar-refractivity contribution is 7.19. The van der Waals surface area contributed by atoms with Gasteiger partial charge in [-0.15, -0.1) is 0 Å². The number of ether oxygens (including phenoxy) is 1. The number of aromatic nitrogens is 4. The van der Waals surface area contributed by atoms with Gasteiger partial charge in [-0.05, 0) is 66.6 Å². The quantitative estimate of drug-likeness (QED) is 0.234. The van der Waals surface area contributed by atoms with Crippen molar-refractivity contribution in [1.82, 2.24) is 19.9 Å². The summed E-state index contributed by atoms with van der Waals surface area (Å²) in [5.41, 5.74) is 2.70. The van der Waals surface area contributed by atoms with Crippen molar-refractivity contribution in [3.8, 4) is 33.5 Å². The summed E-state index contributed by atoms with van der Waals surface area (Å²) in [6.45, 7) is 0.706. The highest BCUT2D eigenvalue weighted by Crippen LogP contribution is 2.34. The number of hydrogen-bond acceptors (Lipinski definition) is 8. The van der Waals surface area contributed by atoms with Gasteiger partial charge >= 0.3 is 12.0 Å². The number of hydrogen-bond donors (Lipinski definition) is 2. The van der Waals surface area contributed by atoms with Crippen LogP contribution in [0.5, 0.6) is 11.8 Å². The van der Waals surface area contributed by atoms with Crippen molar-refractivity contribution < 1.29 is 18.7 Å². The second kappa shape index (κ2) is 11.5. The Hall–Kier alpha value is -5.23. The molecule has 41 heavy (non-hydrogen) atoms. The number of urea groups is 1. The van der Waals surface area contributed by atoms with E-state index in [4.69, 9.17) is 4.74 Å². The second-order valence-electron chi connectivity index (χ2n) is 9.02. The normalized spacial score (nSPS) is 12.8. The van der Waals surface area contributed by atoms with Crippen LogP contribution in [0.1, 0.15) is 12.8 Å². The molecule has 0 atom stereocenters. The number of amides is 3. The summed E-state index contributed by atoms with van der Waals surface area (Å²) < 4.78 is 19.6. The lowest BCUT2D eigenvalue weighted by molar-refractivity contribution is -0.117. The Balaban J connectivity index is 1.07. The van der Waals surface area contributed by atoms with E-state index in [0.717, 1.165) is 16.9 Å². The maximum absolute atomic E-state index is 13.9. The number of benzene rings is 2. The fourth-order valence-corrected chi connectivity index (χ4v) is 5.21. The van der Waals surface area contributed by atoms with Gasteiger partial charge in [0.1, 0.15) is 11.6 Å². The molecule has 0 radical (unpaired) electrons. The number of carbonyl (C=O) groups is 2. The summed E-state index contributed by atoms with van der Waals surface area (Å²) in [7, 11) is 0. The van der Waals surface area contributed by atoms with Crippen LogP contribution < -0.4 is 20.3 Å². The maximum Gasteiger partial charge on any atom is 0.323 e. The molecule has 1 fully saturated rings. The lowest BCUT2D eigenvalue weighted by Crippen LogP contribution is -2.23. The van der Waals surface area contributed by atoms with Crippen LogP contribution in [0.2, 0.25) is 0 Å². The van der Waals surface area contributed by atoms with Gasteiger partial charge < -0.3 is 15.4 Å². The molecule has 0 spiro atoms. The molecule has 12 heteroatoms. The van der Waals surface area contributed by atoms with Gasteiger partial charge in [0.15, 0.2) is 5.13 Å². The second-order valence-corrected chi connectivity index (χ2v) is 10.0. The number of carbonyl (C=O) groups excluding carboxylic acids is 2. The SMILES string of the molecule is O=C(Nc1cnc(Oc2ccc(-c3cnc(N4CCCC4=O)s3)cc2)nc1)Nc1cc(F)ccc1-c1ccccn1. The number of nitrogens with zero attached hydrogens (tertiary/aromatic N) is 5. The summed E-state index contributed by atoms with van der Waals surface area (Å²) in [6.07, 6.45) is 7.61. The molecule has 3 amide bonds. The minimum absolute atomic E-state index is 0.0962. The summed E-state index contributed by atoms with van der Waals surface area (Å²) in [4.78, 5) is 44.3. The molecule has 0 saturated carbocycles. The van der Waals surface area contributed by atoms with Crippen LogP contribution in [-0.2, 0) is 4.79 Å². The molecule has 0 unspecified atom stereocenters. The molecule has 204 valence electrons. The molecule has 3 aromatic heterocycles. The average Bonchev–Trinajstić information content (AvgIpc) is 3.64. The van der Waals surface area contributed by atoms with Gasteiger partial charge in [0.25, 0.3) is 0 Å².